The van der Waals surface area contributed by atoms with Crippen molar-refractivity contribution >= 4 is 43.8 Å². The molecule has 1 aliphatic heterocycles. The lowest BCUT2D eigenvalue weighted by molar-refractivity contribution is -0.116. The maximum absolute atomic E-state index is 12.3. The number of nitrogens with zero attached hydrogens (tertiary/aromatic N) is 3. The normalized spacial score (nSPS) is 15.4. The molecule has 0 spiro atoms. The fourth-order valence-electron chi connectivity index (χ4n) is 3.83. The van der Waals surface area contributed by atoms with E-state index in [2.05, 4.69) is 20.0 Å². The molecule has 2 N–H and O–H groups in total. The molecule has 0 unspecified atom stereocenters. The number of thiazole rings is 1. The molecule has 174 valence electrons. The first-order valence-corrected chi connectivity index (χ1v) is 13.3. The van der Waals surface area contributed by atoms with Crippen LogP contribution >= 0.6 is 11.3 Å². The van der Waals surface area contributed by atoms with E-state index in [1.54, 1.807) is 35.6 Å². The minimum atomic E-state index is -3.50. The molecule has 0 saturated carbocycles. The van der Waals surface area contributed by atoms with Crippen LogP contribution in [-0.4, -0.2) is 36.1 Å². The second-order valence-electron chi connectivity index (χ2n) is 7.99. The highest BCUT2D eigenvalue weighted by Gasteiger charge is 2.29. The van der Waals surface area contributed by atoms with Gasteiger partial charge in [-0.2, -0.15) is 0 Å². The molecule has 0 bridgehead atoms. The van der Waals surface area contributed by atoms with Gasteiger partial charge in [-0.05, 0) is 37.1 Å². The van der Waals surface area contributed by atoms with Gasteiger partial charge in [0.25, 0.3) is 10.0 Å². The average Bonchev–Trinajstić information content (AvgIpc) is 3.50. The van der Waals surface area contributed by atoms with Crippen LogP contribution in [0.2, 0.25) is 0 Å². The molecule has 3 heterocycles. The van der Waals surface area contributed by atoms with Crippen LogP contribution in [0.1, 0.15) is 31.2 Å². The van der Waals surface area contributed by atoms with Gasteiger partial charge in [0.05, 0.1) is 10.6 Å². The summed E-state index contributed by atoms with van der Waals surface area (Å²) < 4.78 is 28.7. The monoisotopic (exact) mass is 493 g/mol. The van der Waals surface area contributed by atoms with Gasteiger partial charge in [-0.3, -0.25) is 18.9 Å². The number of amidine groups is 1. The van der Waals surface area contributed by atoms with E-state index in [0.717, 1.165) is 41.2 Å². The van der Waals surface area contributed by atoms with Crippen molar-refractivity contribution in [3.63, 3.8) is 0 Å². The number of hydrogen-bond acceptors (Lipinski definition) is 6. The van der Waals surface area contributed by atoms with Crippen molar-refractivity contribution in [1.82, 2.24) is 14.1 Å². The first-order valence-electron chi connectivity index (χ1n) is 11.0. The average molecular weight is 494 g/mol. The van der Waals surface area contributed by atoms with E-state index in [1.807, 2.05) is 46.4 Å². The number of rotatable bonds is 8. The number of hydrogen-bond donors (Lipinski definition) is 2. The fraction of sp³-hybridized carbons (Fsp3) is 0.208. The van der Waals surface area contributed by atoms with Crippen LogP contribution in [0.3, 0.4) is 0 Å². The first-order chi connectivity index (χ1) is 16.5. The lowest BCUT2D eigenvalue weighted by Crippen LogP contribution is -2.22. The number of anilines is 1. The molecule has 10 heteroatoms. The van der Waals surface area contributed by atoms with E-state index >= 15 is 0 Å². The molecule has 0 saturated heterocycles. The topological polar surface area (TPSA) is 105 Å². The summed E-state index contributed by atoms with van der Waals surface area (Å²) in [6, 6.07) is 14.5. The Morgan fingerprint density at radius 3 is 2.74 bits per heavy atom. The Balaban J connectivity index is 1.05. The molecule has 0 atom stereocenters. The summed E-state index contributed by atoms with van der Waals surface area (Å²) >= 11 is 1.59. The molecule has 4 aromatic rings. The predicted octanol–water partition coefficient (Wildman–Crippen LogP) is 4.30. The third kappa shape index (κ3) is 4.73. The van der Waals surface area contributed by atoms with Crippen LogP contribution < -0.4 is 10.0 Å². The Bertz CT molecular complexity index is 1440. The summed E-state index contributed by atoms with van der Waals surface area (Å²) in [7, 11) is -3.50. The summed E-state index contributed by atoms with van der Waals surface area (Å²) in [5, 5.41) is 4.93. The highest BCUT2D eigenvalue weighted by atomic mass is 32.2. The first kappa shape index (κ1) is 22.3. The molecular weight excluding hydrogens is 470 g/mol. The van der Waals surface area contributed by atoms with E-state index in [1.165, 1.54) is 0 Å². The highest BCUT2D eigenvalue weighted by molar-refractivity contribution is 7.90. The number of fused-ring (bicyclic) bond motifs is 2. The van der Waals surface area contributed by atoms with Crippen LogP contribution in [0, 0.1) is 0 Å². The third-order valence-electron chi connectivity index (χ3n) is 5.55. The molecule has 5 rings (SSSR count). The second-order valence-corrected chi connectivity index (χ2v) is 10.5. The number of benzene rings is 2. The second kappa shape index (κ2) is 9.40. The zero-order valence-corrected chi connectivity index (χ0v) is 19.9. The van der Waals surface area contributed by atoms with Crippen molar-refractivity contribution in [2.24, 2.45) is 4.99 Å². The zero-order valence-electron chi connectivity index (χ0n) is 18.3. The van der Waals surface area contributed by atoms with Crippen molar-refractivity contribution in [2.75, 3.05) is 11.9 Å². The number of sulfonamides is 1. The minimum Gasteiger partial charge on any atom is -0.326 e. The molecule has 2 aromatic heterocycles. The number of nitrogens with one attached hydrogen (secondary N) is 2. The Morgan fingerprint density at radius 2 is 1.91 bits per heavy atom. The predicted molar refractivity (Wildman–Crippen MR) is 134 cm³/mol. The zero-order chi connectivity index (χ0) is 23.5. The van der Waals surface area contributed by atoms with Crippen LogP contribution in [0.25, 0.3) is 16.2 Å². The van der Waals surface area contributed by atoms with Crippen molar-refractivity contribution < 1.29 is 13.2 Å². The van der Waals surface area contributed by atoms with Gasteiger partial charge in [0.1, 0.15) is 5.84 Å². The van der Waals surface area contributed by atoms with E-state index in [9.17, 15) is 13.2 Å². The number of carbonyl (C=O) groups is 1. The molecule has 1 aliphatic rings. The summed E-state index contributed by atoms with van der Waals surface area (Å²) in [6.45, 7) is 0.501. The molecule has 1 amide bonds. The van der Waals surface area contributed by atoms with Crippen molar-refractivity contribution in [3.05, 3.63) is 71.9 Å². The van der Waals surface area contributed by atoms with Gasteiger partial charge in [-0.15, -0.1) is 11.3 Å². The van der Waals surface area contributed by atoms with Gasteiger partial charge in [0, 0.05) is 47.6 Å². The van der Waals surface area contributed by atoms with Gasteiger partial charge in [0.2, 0.25) is 5.91 Å². The number of unbranched alkanes of at least 4 members (excludes halogenated alkanes) is 2. The molecule has 0 fully saturated rings. The smallest absolute Gasteiger partial charge is 0.263 e. The largest absolute Gasteiger partial charge is 0.326 e. The number of imidazole rings is 1. The SMILES string of the molecule is O=C(CCCCCN=C1NS(=O)(=O)c2ccccc21)Nc1ccc(-c2cn3ccsc3n2)cc1. The van der Waals surface area contributed by atoms with E-state index in [0.29, 0.717) is 24.4 Å². The fourth-order valence-corrected chi connectivity index (χ4v) is 5.78. The van der Waals surface area contributed by atoms with Gasteiger partial charge in [-0.25, -0.2) is 13.4 Å². The number of amides is 1. The van der Waals surface area contributed by atoms with Crippen molar-refractivity contribution in [1.29, 1.82) is 0 Å². The van der Waals surface area contributed by atoms with Crippen LogP contribution in [0.4, 0.5) is 5.69 Å². The Kier molecular flexibility index (Phi) is 6.16. The number of carbonyl (C=O) groups excluding carboxylic acids is 1. The van der Waals surface area contributed by atoms with Gasteiger partial charge in [0.15, 0.2) is 4.96 Å². The highest BCUT2D eigenvalue weighted by Crippen LogP contribution is 2.24. The Hall–Kier alpha value is -3.50. The quantitative estimate of drug-likeness (QED) is 0.357. The molecular formula is C24H23N5O3S2. The molecule has 0 aliphatic carbocycles. The summed E-state index contributed by atoms with van der Waals surface area (Å²) in [5.41, 5.74) is 3.28. The standard InChI is InChI=1S/C24H23N5O3S2/c30-22(26-18-11-9-17(10-12-18)20-16-29-14-15-33-24(29)27-20)8-2-1-5-13-25-23-19-6-3-4-7-21(19)34(31,32)28-23/h3-4,6-7,9-12,14-16H,1-2,5,8,13H2,(H,25,28)(H,26,30). The lowest BCUT2D eigenvalue weighted by atomic mass is 10.1. The molecule has 0 radical (unpaired) electrons. The number of aromatic nitrogens is 2. The van der Waals surface area contributed by atoms with Crippen molar-refractivity contribution in [3.8, 4) is 11.3 Å². The molecule has 2 aromatic carbocycles. The van der Waals surface area contributed by atoms with Gasteiger partial charge < -0.3 is 5.32 Å². The van der Waals surface area contributed by atoms with Crippen LogP contribution in [0.15, 0.2) is 76.2 Å². The van der Waals surface area contributed by atoms with Gasteiger partial charge in [-0.1, -0.05) is 30.7 Å². The summed E-state index contributed by atoms with van der Waals surface area (Å²) in [4.78, 5) is 22.5. The third-order valence-corrected chi connectivity index (χ3v) is 7.72. The molecule has 8 nitrogen and oxygen atoms in total. The Morgan fingerprint density at radius 1 is 1.09 bits per heavy atom. The summed E-state index contributed by atoms with van der Waals surface area (Å²) in [6.07, 6.45) is 6.73. The van der Waals surface area contributed by atoms with E-state index in [4.69, 9.17) is 0 Å². The maximum Gasteiger partial charge on any atom is 0.263 e. The summed E-state index contributed by atoms with van der Waals surface area (Å²) in [5.74, 6) is 0.367. The van der Waals surface area contributed by atoms with E-state index in [-0.39, 0.29) is 10.8 Å². The maximum atomic E-state index is 12.3. The van der Waals surface area contributed by atoms with Crippen molar-refractivity contribution in [2.45, 2.75) is 30.6 Å². The molecule has 34 heavy (non-hydrogen) atoms. The minimum absolute atomic E-state index is 0.0287. The van der Waals surface area contributed by atoms with E-state index < -0.39 is 10.0 Å². The lowest BCUT2D eigenvalue weighted by Gasteiger charge is -2.06. The van der Waals surface area contributed by atoms with Gasteiger partial charge >= 0.3 is 0 Å². The van der Waals surface area contributed by atoms with Crippen LogP contribution in [-0.2, 0) is 14.8 Å². The number of aliphatic imine (C=N–C) groups is 1. The van der Waals surface area contributed by atoms with Crippen LogP contribution in [0.5, 0.6) is 0 Å². The Labute approximate surface area is 201 Å².